The average molecular weight is 195 g/mol. The zero-order chi connectivity index (χ0) is 10.0. The van der Waals surface area contributed by atoms with Crippen LogP contribution in [0.4, 0.5) is 0 Å². The molecule has 2 aliphatic rings. The maximum atomic E-state index is 9.99. The highest BCUT2D eigenvalue weighted by Gasteiger charge is 2.41. The predicted molar refractivity (Wildman–Crippen MR) is 57.9 cm³/mol. The molecule has 14 heavy (non-hydrogen) atoms. The molecule has 1 fully saturated rings. The molecule has 1 saturated carbocycles. The maximum absolute atomic E-state index is 9.99. The summed E-state index contributed by atoms with van der Waals surface area (Å²) in [7, 11) is 0. The normalized spacial score (nSPS) is 37.6. The van der Waals surface area contributed by atoms with Gasteiger partial charge in [0.05, 0.1) is 6.10 Å². The second-order valence-corrected chi connectivity index (χ2v) is 4.91. The molecule has 2 aliphatic carbocycles. The largest absolute Gasteiger partial charge is 0.392 e. The lowest BCUT2D eigenvalue weighted by atomic mass is 9.78. The zero-order valence-corrected chi connectivity index (χ0v) is 8.84. The van der Waals surface area contributed by atoms with E-state index >= 15 is 0 Å². The number of rotatable bonds is 3. The van der Waals surface area contributed by atoms with Crippen molar-refractivity contribution >= 4 is 0 Å². The first-order valence-corrected chi connectivity index (χ1v) is 5.83. The molecule has 2 rings (SSSR count). The average Bonchev–Trinajstić information content (AvgIpc) is 2.79. The highest BCUT2D eigenvalue weighted by Crippen LogP contribution is 2.44. The minimum absolute atomic E-state index is 0.0240. The van der Waals surface area contributed by atoms with Crippen molar-refractivity contribution in [1.82, 2.24) is 0 Å². The molecule has 0 amide bonds. The van der Waals surface area contributed by atoms with Crippen LogP contribution < -0.4 is 5.73 Å². The van der Waals surface area contributed by atoms with Gasteiger partial charge in [0.15, 0.2) is 0 Å². The minimum atomic E-state index is -0.158. The molecular formula is C12H21NO. The molecule has 2 heteroatoms. The second kappa shape index (κ2) is 4.03. The monoisotopic (exact) mass is 195 g/mol. The van der Waals surface area contributed by atoms with Crippen molar-refractivity contribution in [1.29, 1.82) is 0 Å². The zero-order valence-electron chi connectivity index (χ0n) is 8.84. The molecule has 0 spiro atoms. The van der Waals surface area contributed by atoms with Gasteiger partial charge in [0, 0.05) is 12.0 Å². The fourth-order valence-electron chi connectivity index (χ4n) is 2.99. The van der Waals surface area contributed by atoms with E-state index in [-0.39, 0.29) is 11.5 Å². The highest BCUT2D eigenvalue weighted by atomic mass is 16.3. The number of aliphatic hydroxyl groups is 1. The summed E-state index contributed by atoms with van der Waals surface area (Å²) in [6.07, 6.45) is 10.2. The molecule has 0 aromatic heterocycles. The van der Waals surface area contributed by atoms with Crippen molar-refractivity contribution in [3.8, 4) is 0 Å². The van der Waals surface area contributed by atoms with E-state index in [4.69, 9.17) is 5.73 Å². The Morgan fingerprint density at radius 3 is 2.86 bits per heavy atom. The predicted octanol–water partition coefficient (Wildman–Crippen LogP) is 1.98. The number of hydrogen-bond acceptors (Lipinski definition) is 2. The highest BCUT2D eigenvalue weighted by molar-refractivity contribution is 5.13. The third kappa shape index (κ3) is 1.73. The quantitative estimate of drug-likeness (QED) is 0.676. The first kappa shape index (κ1) is 10.2. The third-order valence-electron chi connectivity index (χ3n) is 3.98. The van der Waals surface area contributed by atoms with Crippen LogP contribution in [0.5, 0.6) is 0 Å². The van der Waals surface area contributed by atoms with Gasteiger partial charge >= 0.3 is 0 Å². The van der Waals surface area contributed by atoms with Crippen LogP contribution >= 0.6 is 0 Å². The Kier molecular flexibility index (Phi) is 2.93. The molecule has 0 saturated heterocycles. The summed E-state index contributed by atoms with van der Waals surface area (Å²) in [5.74, 6) is 0. The van der Waals surface area contributed by atoms with Gasteiger partial charge in [-0.15, -0.1) is 0 Å². The molecule has 2 nitrogen and oxygen atoms in total. The van der Waals surface area contributed by atoms with Crippen LogP contribution in [0.25, 0.3) is 0 Å². The van der Waals surface area contributed by atoms with Crippen LogP contribution in [0, 0.1) is 5.41 Å². The van der Waals surface area contributed by atoms with Crippen LogP contribution in [-0.4, -0.2) is 17.8 Å². The lowest BCUT2D eigenvalue weighted by Crippen LogP contribution is -2.37. The van der Waals surface area contributed by atoms with Gasteiger partial charge in [-0.2, -0.15) is 0 Å². The second-order valence-electron chi connectivity index (χ2n) is 4.91. The molecule has 0 bridgehead atoms. The molecule has 3 N–H and O–H groups in total. The molecule has 0 aromatic rings. The smallest absolute Gasteiger partial charge is 0.0611 e. The van der Waals surface area contributed by atoms with E-state index in [1.165, 1.54) is 24.8 Å². The van der Waals surface area contributed by atoms with Crippen molar-refractivity contribution in [2.75, 3.05) is 6.54 Å². The summed E-state index contributed by atoms with van der Waals surface area (Å²) in [4.78, 5) is 0. The van der Waals surface area contributed by atoms with Crippen molar-refractivity contribution in [2.24, 2.45) is 11.1 Å². The Balaban J connectivity index is 2.04. The number of hydrogen-bond donors (Lipinski definition) is 2. The number of aliphatic hydroxyl groups excluding tert-OH is 1. The topological polar surface area (TPSA) is 46.2 Å². The lowest BCUT2D eigenvalue weighted by Gasteiger charge is -2.32. The van der Waals surface area contributed by atoms with E-state index in [0.29, 0.717) is 6.54 Å². The number of allylic oxidation sites excluding steroid dienone is 2. The van der Waals surface area contributed by atoms with E-state index in [1.807, 2.05) is 0 Å². The molecular weight excluding hydrogens is 174 g/mol. The standard InChI is InChI=1S/C12H21NO/c13-9-12(7-3-6-11(12)14)8-10-4-1-2-5-10/h4,11,14H,1-3,5-9,13H2. The molecule has 2 unspecified atom stereocenters. The Hall–Kier alpha value is -0.340. The Morgan fingerprint density at radius 1 is 1.50 bits per heavy atom. The minimum Gasteiger partial charge on any atom is -0.392 e. The Morgan fingerprint density at radius 2 is 2.36 bits per heavy atom. The van der Waals surface area contributed by atoms with E-state index in [2.05, 4.69) is 6.08 Å². The van der Waals surface area contributed by atoms with Gasteiger partial charge in [-0.25, -0.2) is 0 Å². The lowest BCUT2D eigenvalue weighted by molar-refractivity contribution is 0.0584. The van der Waals surface area contributed by atoms with Gasteiger partial charge in [0.2, 0.25) is 0 Å². The van der Waals surface area contributed by atoms with Crippen LogP contribution in [0.3, 0.4) is 0 Å². The fraction of sp³-hybridized carbons (Fsp3) is 0.833. The summed E-state index contributed by atoms with van der Waals surface area (Å²) in [5.41, 5.74) is 7.41. The molecule has 2 atom stereocenters. The van der Waals surface area contributed by atoms with Gasteiger partial charge in [-0.1, -0.05) is 18.1 Å². The summed E-state index contributed by atoms with van der Waals surface area (Å²) in [5, 5.41) is 9.99. The number of nitrogens with two attached hydrogens (primary N) is 1. The molecule has 0 aliphatic heterocycles. The van der Waals surface area contributed by atoms with Crippen molar-refractivity contribution in [2.45, 2.75) is 51.0 Å². The summed E-state index contributed by atoms with van der Waals surface area (Å²) in [6.45, 7) is 0.644. The first-order valence-electron chi connectivity index (χ1n) is 5.83. The summed E-state index contributed by atoms with van der Waals surface area (Å²) >= 11 is 0. The third-order valence-corrected chi connectivity index (χ3v) is 3.98. The molecule has 0 aromatic carbocycles. The van der Waals surface area contributed by atoms with Crippen molar-refractivity contribution < 1.29 is 5.11 Å². The van der Waals surface area contributed by atoms with Gasteiger partial charge in [-0.3, -0.25) is 0 Å². The molecule has 80 valence electrons. The molecule has 0 heterocycles. The maximum Gasteiger partial charge on any atom is 0.0611 e. The fourth-order valence-corrected chi connectivity index (χ4v) is 2.99. The van der Waals surface area contributed by atoms with Crippen molar-refractivity contribution in [3.63, 3.8) is 0 Å². The van der Waals surface area contributed by atoms with Gasteiger partial charge < -0.3 is 10.8 Å². The van der Waals surface area contributed by atoms with Crippen LogP contribution in [0.15, 0.2) is 11.6 Å². The Labute approximate surface area is 86.2 Å². The van der Waals surface area contributed by atoms with E-state index in [1.54, 1.807) is 0 Å². The summed E-state index contributed by atoms with van der Waals surface area (Å²) < 4.78 is 0. The van der Waals surface area contributed by atoms with Gasteiger partial charge in [0.25, 0.3) is 0 Å². The summed E-state index contributed by atoms with van der Waals surface area (Å²) in [6, 6.07) is 0. The van der Waals surface area contributed by atoms with Gasteiger partial charge in [-0.05, 0) is 38.5 Å². The van der Waals surface area contributed by atoms with Crippen LogP contribution in [0.2, 0.25) is 0 Å². The SMILES string of the molecule is NCC1(CC2=CCCC2)CCCC1O. The van der Waals surface area contributed by atoms with Crippen LogP contribution in [-0.2, 0) is 0 Å². The van der Waals surface area contributed by atoms with E-state index < -0.39 is 0 Å². The van der Waals surface area contributed by atoms with Gasteiger partial charge in [0.1, 0.15) is 0 Å². The van der Waals surface area contributed by atoms with E-state index in [9.17, 15) is 5.11 Å². The molecule has 0 radical (unpaired) electrons. The first-order chi connectivity index (χ1) is 6.77. The van der Waals surface area contributed by atoms with E-state index in [0.717, 1.165) is 25.7 Å². The Bertz CT molecular complexity index is 236. The van der Waals surface area contributed by atoms with Crippen molar-refractivity contribution in [3.05, 3.63) is 11.6 Å². The van der Waals surface area contributed by atoms with Crippen LogP contribution in [0.1, 0.15) is 44.9 Å².